The predicted molar refractivity (Wildman–Crippen MR) is 64.2 cm³/mol. The van der Waals surface area contributed by atoms with Crippen molar-refractivity contribution in [1.82, 2.24) is 9.97 Å². The highest BCUT2D eigenvalue weighted by atomic mass is 35.5. The molecule has 2 aromatic rings. The van der Waals surface area contributed by atoms with Gasteiger partial charge in [-0.2, -0.15) is 0 Å². The van der Waals surface area contributed by atoms with Crippen LogP contribution in [0.4, 0.5) is 0 Å². The lowest BCUT2D eigenvalue weighted by molar-refractivity contribution is 0.198. The lowest BCUT2D eigenvalue weighted by Crippen LogP contribution is -1.93. The summed E-state index contributed by atoms with van der Waals surface area (Å²) in [5, 5.41) is 9.84. The maximum Gasteiger partial charge on any atom is 0.219 e. The minimum absolute atomic E-state index is 0.429. The molecular formula is C12H11ClN2O2. The van der Waals surface area contributed by atoms with Gasteiger partial charge in [-0.1, -0.05) is 11.6 Å². The zero-order valence-electron chi connectivity index (χ0n) is 9.17. The zero-order chi connectivity index (χ0) is 12.3. The molecule has 0 radical (unpaired) electrons. The SMILES string of the molecule is C[C@H](O)c1ccc(Oc2cncc(Cl)c2)nc1. The highest BCUT2D eigenvalue weighted by Crippen LogP contribution is 2.22. The molecule has 0 saturated heterocycles. The van der Waals surface area contributed by atoms with Crippen LogP contribution in [-0.4, -0.2) is 15.1 Å². The van der Waals surface area contributed by atoms with Crippen molar-refractivity contribution in [3.63, 3.8) is 0 Å². The first kappa shape index (κ1) is 11.8. The van der Waals surface area contributed by atoms with Crippen molar-refractivity contribution < 1.29 is 9.84 Å². The molecule has 0 aliphatic heterocycles. The van der Waals surface area contributed by atoms with Crippen LogP contribution in [0.25, 0.3) is 0 Å². The van der Waals surface area contributed by atoms with E-state index < -0.39 is 6.10 Å². The third-order valence-corrected chi connectivity index (χ3v) is 2.35. The fraction of sp³-hybridized carbons (Fsp3) is 0.167. The fourth-order valence-corrected chi connectivity index (χ4v) is 1.43. The van der Waals surface area contributed by atoms with Gasteiger partial charge in [0.15, 0.2) is 0 Å². The van der Waals surface area contributed by atoms with Crippen LogP contribution in [-0.2, 0) is 0 Å². The molecule has 0 spiro atoms. The first-order valence-corrected chi connectivity index (χ1v) is 5.45. The summed E-state index contributed by atoms with van der Waals surface area (Å²) in [7, 11) is 0. The third kappa shape index (κ3) is 3.15. The first-order valence-electron chi connectivity index (χ1n) is 5.07. The molecule has 1 atom stereocenters. The van der Waals surface area contributed by atoms with E-state index in [0.29, 0.717) is 16.7 Å². The predicted octanol–water partition coefficient (Wildman–Crippen LogP) is 2.98. The summed E-state index contributed by atoms with van der Waals surface area (Å²) in [6.45, 7) is 1.68. The second-order valence-corrected chi connectivity index (χ2v) is 3.98. The molecule has 0 aromatic carbocycles. The number of aromatic nitrogens is 2. The van der Waals surface area contributed by atoms with Gasteiger partial charge in [0.1, 0.15) is 5.75 Å². The number of nitrogens with zero attached hydrogens (tertiary/aromatic N) is 2. The molecule has 17 heavy (non-hydrogen) atoms. The molecule has 0 bridgehead atoms. The number of ether oxygens (including phenoxy) is 1. The number of aliphatic hydroxyl groups is 1. The Morgan fingerprint density at radius 3 is 2.71 bits per heavy atom. The maximum absolute atomic E-state index is 9.33. The van der Waals surface area contributed by atoms with Crippen molar-refractivity contribution in [3.05, 3.63) is 47.4 Å². The highest BCUT2D eigenvalue weighted by molar-refractivity contribution is 6.30. The zero-order valence-corrected chi connectivity index (χ0v) is 9.93. The summed E-state index contributed by atoms with van der Waals surface area (Å²) < 4.78 is 5.45. The summed E-state index contributed by atoms with van der Waals surface area (Å²) in [4.78, 5) is 7.97. The van der Waals surface area contributed by atoms with Gasteiger partial charge < -0.3 is 9.84 Å². The molecule has 0 saturated carbocycles. The van der Waals surface area contributed by atoms with Crippen LogP contribution in [0.5, 0.6) is 11.6 Å². The average molecular weight is 251 g/mol. The molecule has 2 rings (SSSR count). The third-order valence-electron chi connectivity index (χ3n) is 2.14. The first-order chi connectivity index (χ1) is 8.15. The minimum atomic E-state index is -0.538. The van der Waals surface area contributed by atoms with Gasteiger partial charge in [-0.25, -0.2) is 4.98 Å². The van der Waals surface area contributed by atoms with Gasteiger partial charge in [-0.15, -0.1) is 0 Å². The lowest BCUT2D eigenvalue weighted by atomic mass is 10.2. The Labute approximate surface area is 104 Å². The van der Waals surface area contributed by atoms with E-state index >= 15 is 0 Å². The Bertz CT molecular complexity index is 500. The summed E-state index contributed by atoms with van der Waals surface area (Å²) in [5.74, 6) is 0.952. The van der Waals surface area contributed by atoms with E-state index in [2.05, 4.69) is 9.97 Å². The van der Waals surface area contributed by atoms with Crippen LogP contribution < -0.4 is 4.74 Å². The van der Waals surface area contributed by atoms with E-state index in [9.17, 15) is 5.11 Å². The van der Waals surface area contributed by atoms with Crippen molar-refractivity contribution in [1.29, 1.82) is 0 Å². The Balaban J connectivity index is 2.14. The van der Waals surface area contributed by atoms with Crippen molar-refractivity contribution in [2.45, 2.75) is 13.0 Å². The number of aliphatic hydroxyl groups excluding tert-OH is 1. The molecule has 5 heteroatoms. The van der Waals surface area contributed by atoms with Crippen LogP contribution in [0.1, 0.15) is 18.6 Å². The minimum Gasteiger partial charge on any atom is -0.437 e. The van der Waals surface area contributed by atoms with Crippen LogP contribution in [0.3, 0.4) is 0 Å². The smallest absolute Gasteiger partial charge is 0.219 e. The molecule has 2 heterocycles. The highest BCUT2D eigenvalue weighted by Gasteiger charge is 2.03. The summed E-state index contributed by atoms with van der Waals surface area (Å²) in [6.07, 6.45) is 4.11. The normalized spacial score (nSPS) is 12.2. The van der Waals surface area contributed by atoms with Gasteiger partial charge in [-0.3, -0.25) is 4.98 Å². The molecule has 4 nitrogen and oxygen atoms in total. The second-order valence-electron chi connectivity index (χ2n) is 3.55. The molecule has 0 amide bonds. The van der Waals surface area contributed by atoms with E-state index in [4.69, 9.17) is 16.3 Å². The van der Waals surface area contributed by atoms with Gasteiger partial charge in [-0.05, 0) is 18.6 Å². The topological polar surface area (TPSA) is 55.2 Å². The van der Waals surface area contributed by atoms with Gasteiger partial charge in [0.05, 0.1) is 17.3 Å². The summed E-state index contributed by atoms with van der Waals surface area (Å²) in [6, 6.07) is 5.09. The average Bonchev–Trinajstić information content (AvgIpc) is 2.29. The van der Waals surface area contributed by atoms with Crippen LogP contribution >= 0.6 is 11.6 Å². The van der Waals surface area contributed by atoms with Gasteiger partial charge in [0.2, 0.25) is 5.88 Å². The van der Waals surface area contributed by atoms with E-state index in [1.54, 1.807) is 37.5 Å². The molecule has 0 aliphatic rings. The van der Waals surface area contributed by atoms with Crippen LogP contribution in [0.2, 0.25) is 5.02 Å². The molecule has 88 valence electrons. The van der Waals surface area contributed by atoms with E-state index in [1.165, 1.54) is 6.20 Å². The fourth-order valence-electron chi connectivity index (χ4n) is 1.27. The molecule has 1 N–H and O–H groups in total. The lowest BCUT2D eigenvalue weighted by Gasteiger charge is -2.06. The standard InChI is InChI=1S/C12H11ClN2O2/c1-8(16)9-2-3-12(15-5-9)17-11-4-10(13)6-14-7-11/h2-8,16H,1H3/t8-/m0/s1. The largest absolute Gasteiger partial charge is 0.437 e. The summed E-state index contributed by atoms with van der Waals surface area (Å²) in [5.41, 5.74) is 0.738. The molecule has 0 unspecified atom stereocenters. The van der Waals surface area contributed by atoms with E-state index in [1.807, 2.05) is 0 Å². The molecule has 0 aliphatic carbocycles. The van der Waals surface area contributed by atoms with Crippen molar-refractivity contribution in [3.8, 4) is 11.6 Å². The number of halogens is 1. The number of pyridine rings is 2. The van der Waals surface area contributed by atoms with Gasteiger partial charge in [0.25, 0.3) is 0 Å². The second kappa shape index (κ2) is 5.12. The quantitative estimate of drug-likeness (QED) is 0.910. The van der Waals surface area contributed by atoms with Gasteiger partial charge >= 0.3 is 0 Å². The monoisotopic (exact) mass is 250 g/mol. The molecular weight excluding hydrogens is 240 g/mol. The van der Waals surface area contributed by atoms with E-state index in [0.717, 1.165) is 5.56 Å². The Morgan fingerprint density at radius 2 is 2.12 bits per heavy atom. The number of hydrogen-bond donors (Lipinski definition) is 1. The Hall–Kier alpha value is -1.65. The number of hydrogen-bond acceptors (Lipinski definition) is 4. The van der Waals surface area contributed by atoms with Crippen molar-refractivity contribution in [2.75, 3.05) is 0 Å². The van der Waals surface area contributed by atoms with Gasteiger partial charge in [0, 0.05) is 24.5 Å². The van der Waals surface area contributed by atoms with Crippen molar-refractivity contribution in [2.24, 2.45) is 0 Å². The van der Waals surface area contributed by atoms with E-state index in [-0.39, 0.29) is 0 Å². The Morgan fingerprint density at radius 1 is 1.29 bits per heavy atom. The number of rotatable bonds is 3. The maximum atomic E-state index is 9.33. The van der Waals surface area contributed by atoms with Crippen LogP contribution in [0.15, 0.2) is 36.8 Å². The van der Waals surface area contributed by atoms with Crippen molar-refractivity contribution >= 4 is 11.6 Å². The summed E-state index contributed by atoms with van der Waals surface area (Å²) >= 11 is 5.78. The Kier molecular flexibility index (Phi) is 3.56. The molecule has 2 aromatic heterocycles. The molecule has 0 fully saturated rings. The van der Waals surface area contributed by atoms with Crippen LogP contribution in [0, 0.1) is 0 Å².